The summed E-state index contributed by atoms with van der Waals surface area (Å²) in [7, 11) is 0. The highest BCUT2D eigenvalue weighted by atomic mass is 14.2. The van der Waals surface area contributed by atoms with Gasteiger partial charge >= 0.3 is 0 Å². The Morgan fingerprint density at radius 3 is 2.00 bits per heavy atom. The van der Waals surface area contributed by atoms with Crippen LogP contribution in [0.25, 0.3) is 0 Å². The Bertz CT molecular complexity index is 309. The third-order valence-corrected chi connectivity index (χ3v) is 2.27. The molecular formula is C14H22. The van der Waals surface area contributed by atoms with Gasteiger partial charge in [0, 0.05) is 1.37 Å². The fraction of sp³-hybridized carbons (Fsp3) is 0.571. The average molecular weight is 192 g/mol. The van der Waals surface area contributed by atoms with E-state index >= 15 is 0 Å². The van der Waals surface area contributed by atoms with E-state index in [2.05, 4.69) is 45.0 Å². The molecule has 0 N–H and O–H groups in total. The molecule has 0 amide bonds. The lowest BCUT2D eigenvalue weighted by Gasteiger charge is -2.18. The lowest BCUT2D eigenvalue weighted by atomic mass is 9.87. The van der Waals surface area contributed by atoms with Gasteiger partial charge in [-0.05, 0) is 28.9 Å². The Labute approximate surface area is 89.8 Å². The van der Waals surface area contributed by atoms with Gasteiger partial charge in [0.2, 0.25) is 0 Å². The molecule has 0 saturated carbocycles. The first-order valence-corrected chi connectivity index (χ1v) is 5.28. The molecule has 14 heavy (non-hydrogen) atoms. The van der Waals surface area contributed by atoms with Gasteiger partial charge in [-0.25, -0.2) is 0 Å². The van der Waals surface area contributed by atoms with E-state index in [0.717, 1.165) is 12.0 Å². The van der Waals surface area contributed by atoms with E-state index in [1.807, 2.05) is 13.8 Å². The van der Waals surface area contributed by atoms with Crippen LogP contribution in [0.4, 0.5) is 0 Å². The third kappa shape index (κ3) is 3.53. The second kappa shape index (κ2) is 4.16. The summed E-state index contributed by atoms with van der Waals surface area (Å²) in [4.78, 5) is 0. The first-order valence-electron chi connectivity index (χ1n) is 5.78. The Kier molecular flexibility index (Phi) is 2.90. The van der Waals surface area contributed by atoms with Crippen LogP contribution in [0, 0.1) is 5.41 Å². The number of benzene rings is 1. The van der Waals surface area contributed by atoms with Gasteiger partial charge in [-0.3, -0.25) is 0 Å². The largest absolute Gasteiger partial charge is 0.0599 e. The Balaban J connectivity index is 2.82. The zero-order valence-corrected chi connectivity index (χ0v) is 10.0. The molecule has 0 aliphatic rings. The van der Waals surface area contributed by atoms with Crippen LogP contribution in [-0.2, 0) is 6.42 Å². The van der Waals surface area contributed by atoms with Crippen LogP contribution in [0.15, 0.2) is 24.3 Å². The van der Waals surface area contributed by atoms with Crippen molar-refractivity contribution in [1.82, 2.24) is 0 Å². The summed E-state index contributed by atoms with van der Waals surface area (Å²) in [6, 6.07) is 8.45. The van der Waals surface area contributed by atoms with Crippen LogP contribution in [0.5, 0.6) is 0 Å². The summed E-state index contributed by atoms with van der Waals surface area (Å²) in [6.45, 7) is 10.6. The van der Waals surface area contributed by atoms with Crippen molar-refractivity contribution in [3.8, 4) is 0 Å². The summed E-state index contributed by atoms with van der Waals surface area (Å²) in [6.07, 6.45) is 1.09. The predicted molar refractivity (Wildman–Crippen MR) is 63.7 cm³/mol. The van der Waals surface area contributed by atoms with Gasteiger partial charge in [0.25, 0.3) is 0 Å². The van der Waals surface area contributed by atoms with Gasteiger partial charge in [0.1, 0.15) is 0 Å². The molecule has 0 heteroatoms. The molecule has 0 aliphatic carbocycles. The zero-order valence-electron chi connectivity index (χ0n) is 11.0. The third-order valence-electron chi connectivity index (χ3n) is 2.27. The van der Waals surface area contributed by atoms with Gasteiger partial charge in [0.05, 0.1) is 0 Å². The summed E-state index contributed by atoms with van der Waals surface area (Å²) in [5, 5.41) is 0. The molecule has 0 saturated heterocycles. The van der Waals surface area contributed by atoms with Crippen molar-refractivity contribution in [2.24, 2.45) is 5.41 Å². The number of rotatable bonds is 2. The van der Waals surface area contributed by atoms with E-state index in [4.69, 9.17) is 1.37 Å². The van der Waals surface area contributed by atoms with E-state index in [0.29, 0.717) is 5.41 Å². The normalized spacial score (nSPS) is 13.9. The van der Waals surface area contributed by atoms with Crippen LogP contribution in [-0.4, -0.2) is 0 Å². The topological polar surface area (TPSA) is 0 Å². The maximum Gasteiger partial charge on any atom is 0.0347 e. The van der Waals surface area contributed by atoms with Crippen molar-refractivity contribution in [2.45, 2.75) is 46.9 Å². The van der Waals surface area contributed by atoms with Gasteiger partial charge in [-0.15, -0.1) is 0 Å². The molecule has 0 radical (unpaired) electrons. The molecule has 0 fully saturated rings. The lowest BCUT2D eigenvalue weighted by Crippen LogP contribution is -2.08. The first kappa shape index (κ1) is 9.76. The highest BCUT2D eigenvalue weighted by molar-refractivity contribution is 5.25. The monoisotopic (exact) mass is 192 g/mol. The fourth-order valence-corrected chi connectivity index (χ4v) is 1.57. The van der Waals surface area contributed by atoms with Crippen LogP contribution in [0.1, 0.15) is 53.0 Å². The molecule has 78 valence electrons. The van der Waals surface area contributed by atoms with Crippen molar-refractivity contribution >= 4 is 0 Å². The fourth-order valence-electron chi connectivity index (χ4n) is 1.57. The summed E-state index contributed by atoms with van der Waals surface area (Å²) in [5.74, 6) is -0.486. The van der Waals surface area contributed by atoms with Gasteiger partial charge < -0.3 is 0 Å². The van der Waals surface area contributed by atoms with Crippen molar-refractivity contribution in [1.29, 1.82) is 0 Å². The van der Waals surface area contributed by atoms with Gasteiger partial charge in [-0.2, -0.15) is 0 Å². The first-order chi connectivity index (χ1) is 6.68. The van der Waals surface area contributed by atoms with E-state index < -0.39 is 5.89 Å². The van der Waals surface area contributed by atoms with Crippen LogP contribution in [0.2, 0.25) is 0 Å². The summed E-state index contributed by atoms with van der Waals surface area (Å²) < 4.78 is 7.92. The molecular weight excluding hydrogens is 168 g/mol. The minimum absolute atomic E-state index is 0.331. The Morgan fingerprint density at radius 2 is 1.64 bits per heavy atom. The molecule has 1 aromatic rings. The van der Waals surface area contributed by atoms with E-state index in [-0.39, 0.29) is 0 Å². The van der Waals surface area contributed by atoms with Crippen LogP contribution in [0.3, 0.4) is 0 Å². The quantitative estimate of drug-likeness (QED) is 0.651. The predicted octanol–water partition coefficient (Wildman–Crippen LogP) is 4.40. The second-order valence-electron chi connectivity index (χ2n) is 5.43. The molecule has 0 unspecified atom stereocenters. The molecule has 0 aliphatic heterocycles. The van der Waals surface area contributed by atoms with E-state index in [1.54, 1.807) is 0 Å². The lowest BCUT2D eigenvalue weighted by molar-refractivity contribution is 0.411. The molecule has 0 spiro atoms. The Morgan fingerprint density at radius 1 is 1.14 bits per heavy atom. The molecule has 0 atom stereocenters. The van der Waals surface area contributed by atoms with Gasteiger partial charge in [0.15, 0.2) is 0 Å². The highest BCUT2D eigenvalue weighted by Crippen LogP contribution is 2.22. The SMILES string of the molecule is [3H]C(C)(C)c1ccc(CC(C)(C)C)cc1. The van der Waals surface area contributed by atoms with Crippen LogP contribution >= 0.6 is 0 Å². The smallest absolute Gasteiger partial charge is 0.0347 e. The Hall–Kier alpha value is -0.780. The maximum absolute atomic E-state index is 7.92. The highest BCUT2D eigenvalue weighted by Gasteiger charge is 2.10. The number of hydrogen-bond donors (Lipinski definition) is 0. The minimum Gasteiger partial charge on any atom is -0.0599 e. The standard InChI is InChI=1S/C14H22/c1-11(2)13-8-6-12(7-9-13)10-14(3,4)5/h6-9,11H,10H2,1-5H3/i11T. The molecule has 0 nitrogen and oxygen atoms in total. The van der Waals surface area contributed by atoms with Crippen molar-refractivity contribution in [3.63, 3.8) is 0 Å². The van der Waals surface area contributed by atoms with Crippen molar-refractivity contribution < 1.29 is 1.37 Å². The molecule has 1 rings (SSSR count). The second-order valence-corrected chi connectivity index (χ2v) is 5.43. The number of hydrogen-bond acceptors (Lipinski definition) is 0. The average Bonchev–Trinajstić information content (AvgIpc) is 2.00. The van der Waals surface area contributed by atoms with Crippen molar-refractivity contribution in [3.05, 3.63) is 35.4 Å². The summed E-state index contributed by atoms with van der Waals surface area (Å²) >= 11 is 0. The minimum atomic E-state index is -0.486. The zero-order chi connectivity index (χ0) is 11.7. The molecule has 0 heterocycles. The van der Waals surface area contributed by atoms with Crippen LogP contribution < -0.4 is 0 Å². The van der Waals surface area contributed by atoms with E-state index in [1.165, 1.54) is 5.56 Å². The van der Waals surface area contributed by atoms with Gasteiger partial charge in [-0.1, -0.05) is 58.9 Å². The van der Waals surface area contributed by atoms with E-state index in [9.17, 15) is 0 Å². The molecule has 1 aromatic carbocycles. The molecule has 0 bridgehead atoms. The summed E-state index contributed by atoms with van der Waals surface area (Å²) in [5.41, 5.74) is 2.77. The van der Waals surface area contributed by atoms with Crippen molar-refractivity contribution in [2.75, 3.05) is 0 Å². The maximum atomic E-state index is 7.92. The molecule has 0 aromatic heterocycles.